The van der Waals surface area contributed by atoms with Gasteiger partial charge in [0.05, 0.1) is 5.69 Å². The van der Waals surface area contributed by atoms with Crippen LogP contribution in [0.15, 0.2) is 34.2 Å². The highest BCUT2D eigenvalue weighted by Crippen LogP contribution is 2.30. The average molecular weight is 444 g/mol. The zero-order valence-electron chi connectivity index (χ0n) is 19.3. The molecule has 1 saturated carbocycles. The molecule has 2 unspecified atom stereocenters. The molecule has 0 radical (unpaired) electrons. The lowest BCUT2D eigenvalue weighted by molar-refractivity contribution is 0.163. The molecule has 172 valence electrons. The van der Waals surface area contributed by atoms with Crippen LogP contribution >= 0.6 is 11.8 Å². The number of piperidine rings is 1. The minimum absolute atomic E-state index is 0.678. The Hall–Kier alpha value is -1.24. The van der Waals surface area contributed by atoms with Crippen LogP contribution in [0.4, 0.5) is 5.69 Å². The van der Waals surface area contributed by atoms with Crippen LogP contribution in [0, 0.1) is 11.8 Å². The predicted molar refractivity (Wildman–Crippen MR) is 134 cm³/mol. The number of aliphatic imine (C=N–C) groups is 1. The van der Waals surface area contributed by atoms with Crippen molar-refractivity contribution in [3.63, 3.8) is 0 Å². The van der Waals surface area contributed by atoms with E-state index >= 15 is 0 Å². The lowest BCUT2D eigenvalue weighted by Crippen LogP contribution is -2.48. The molecular weight excluding hydrogens is 402 g/mol. The SMILES string of the molecule is CSc1ccccc1NC(=NCC1CCCC(CN)C1)N1CCC(N2CCCC2)CC1. The molecule has 4 rings (SSSR count). The molecule has 0 aromatic heterocycles. The number of benzene rings is 1. The second-order valence-electron chi connectivity index (χ2n) is 9.59. The lowest BCUT2D eigenvalue weighted by atomic mass is 9.81. The monoisotopic (exact) mass is 443 g/mol. The van der Waals surface area contributed by atoms with Crippen LogP contribution < -0.4 is 11.1 Å². The van der Waals surface area contributed by atoms with Crippen molar-refractivity contribution in [1.82, 2.24) is 9.80 Å². The second-order valence-corrected chi connectivity index (χ2v) is 10.4. The quantitative estimate of drug-likeness (QED) is 0.385. The number of guanidine groups is 1. The molecule has 3 aliphatic rings. The molecule has 0 amide bonds. The number of hydrogen-bond acceptors (Lipinski definition) is 4. The summed E-state index contributed by atoms with van der Waals surface area (Å²) in [7, 11) is 0. The summed E-state index contributed by atoms with van der Waals surface area (Å²) in [5.41, 5.74) is 7.15. The highest BCUT2D eigenvalue weighted by Gasteiger charge is 2.28. The summed E-state index contributed by atoms with van der Waals surface area (Å²) in [6.45, 7) is 6.56. The first-order chi connectivity index (χ1) is 15.3. The van der Waals surface area contributed by atoms with Gasteiger partial charge in [-0.3, -0.25) is 4.99 Å². The Balaban J connectivity index is 1.44. The van der Waals surface area contributed by atoms with Crippen LogP contribution in [0.3, 0.4) is 0 Å². The molecule has 31 heavy (non-hydrogen) atoms. The fourth-order valence-electron chi connectivity index (χ4n) is 5.63. The van der Waals surface area contributed by atoms with Gasteiger partial charge in [0.15, 0.2) is 5.96 Å². The number of hydrogen-bond donors (Lipinski definition) is 2. The Bertz CT molecular complexity index is 710. The van der Waals surface area contributed by atoms with E-state index in [4.69, 9.17) is 10.7 Å². The molecular formula is C25H41N5S. The van der Waals surface area contributed by atoms with E-state index in [0.29, 0.717) is 11.8 Å². The van der Waals surface area contributed by atoms with E-state index in [1.54, 1.807) is 11.8 Å². The average Bonchev–Trinajstić information content (AvgIpc) is 3.37. The summed E-state index contributed by atoms with van der Waals surface area (Å²) in [5.74, 6) is 2.45. The molecule has 1 aromatic rings. The molecule has 6 heteroatoms. The minimum atomic E-state index is 0.678. The Labute approximate surface area is 193 Å². The first kappa shape index (κ1) is 22.9. The van der Waals surface area contributed by atoms with E-state index in [-0.39, 0.29) is 0 Å². The van der Waals surface area contributed by atoms with Gasteiger partial charge >= 0.3 is 0 Å². The zero-order valence-corrected chi connectivity index (χ0v) is 20.1. The van der Waals surface area contributed by atoms with E-state index in [2.05, 4.69) is 45.6 Å². The lowest BCUT2D eigenvalue weighted by Gasteiger charge is -2.38. The van der Waals surface area contributed by atoms with Crippen molar-refractivity contribution in [2.24, 2.45) is 22.6 Å². The van der Waals surface area contributed by atoms with Crippen LogP contribution in [-0.4, -0.2) is 67.3 Å². The third-order valence-corrected chi connectivity index (χ3v) is 8.29. The van der Waals surface area contributed by atoms with Gasteiger partial charge in [0.25, 0.3) is 0 Å². The van der Waals surface area contributed by atoms with E-state index in [9.17, 15) is 0 Å². The van der Waals surface area contributed by atoms with Crippen LogP contribution in [0.2, 0.25) is 0 Å². The van der Waals surface area contributed by atoms with Crippen LogP contribution in [0.1, 0.15) is 51.4 Å². The molecule has 5 nitrogen and oxygen atoms in total. The van der Waals surface area contributed by atoms with Gasteiger partial charge in [-0.2, -0.15) is 0 Å². The first-order valence-electron chi connectivity index (χ1n) is 12.4. The first-order valence-corrected chi connectivity index (χ1v) is 13.6. The number of rotatable bonds is 6. The summed E-state index contributed by atoms with van der Waals surface area (Å²) in [5, 5.41) is 3.73. The number of thioether (sulfide) groups is 1. The smallest absolute Gasteiger partial charge is 0.198 e. The molecule has 3 fully saturated rings. The number of nitrogens with two attached hydrogens (primary N) is 1. The van der Waals surface area contributed by atoms with Crippen molar-refractivity contribution >= 4 is 23.4 Å². The highest BCUT2D eigenvalue weighted by molar-refractivity contribution is 7.98. The van der Waals surface area contributed by atoms with Crippen LogP contribution in [0.25, 0.3) is 0 Å². The van der Waals surface area contributed by atoms with Crippen molar-refractivity contribution in [1.29, 1.82) is 0 Å². The molecule has 2 saturated heterocycles. The number of nitrogens with zero attached hydrogens (tertiary/aromatic N) is 3. The third kappa shape index (κ3) is 6.17. The topological polar surface area (TPSA) is 56.9 Å². The Morgan fingerprint density at radius 1 is 1.03 bits per heavy atom. The summed E-state index contributed by atoms with van der Waals surface area (Å²) in [6.07, 6.45) is 12.6. The van der Waals surface area contributed by atoms with Crippen molar-refractivity contribution in [3.05, 3.63) is 24.3 Å². The maximum atomic E-state index is 5.97. The van der Waals surface area contributed by atoms with Gasteiger partial charge in [0.1, 0.15) is 0 Å². The molecule has 2 atom stereocenters. The standard InChI is InChI=1S/C25H41N5S/c1-31-24-10-3-2-9-23(24)28-25(27-19-21-8-6-7-20(17-21)18-26)30-15-11-22(12-16-30)29-13-4-5-14-29/h2-3,9-10,20-22H,4-8,11-19,26H2,1H3,(H,27,28). The molecule has 3 N–H and O–H groups in total. The number of nitrogens with one attached hydrogen (secondary N) is 1. The second kappa shape index (κ2) is 11.6. The molecule has 0 spiro atoms. The van der Waals surface area contributed by atoms with Gasteiger partial charge in [0, 0.05) is 30.6 Å². The minimum Gasteiger partial charge on any atom is -0.343 e. The number of para-hydroxylation sites is 1. The van der Waals surface area contributed by atoms with E-state index in [1.807, 2.05) is 0 Å². The number of likely N-dealkylation sites (tertiary alicyclic amines) is 2. The highest BCUT2D eigenvalue weighted by atomic mass is 32.2. The van der Waals surface area contributed by atoms with Crippen LogP contribution in [-0.2, 0) is 0 Å². The summed E-state index contributed by atoms with van der Waals surface area (Å²) in [6, 6.07) is 9.37. The Kier molecular flexibility index (Phi) is 8.56. The third-order valence-electron chi connectivity index (χ3n) is 7.50. The van der Waals surface area contributed by atoms with Gasteiger partial charge < -0.3 is 20.9 Å². The Morgan fingerprint density at radius 2 is 1.77 bits per heavy atom. The van der Waals surface area contributed by atoms with E-state index < -0.39 is 0 Å². The largest absolute Gasteiger partial charge is 0.343 e. The molecule has 1 aromatic carbocycles. The Morgan fingerprint density at radius 3 is 2.52 bits per heavy atom. The van der Waals surface area contributed by atoms with E-state index in [1.165, 1.54) is 75.0 Å². The summed E-state index contributed by atoms with van der Waals surface area (Å²) in [4.78, 5) is 11.7. The van der Waals surface area contributed by atoms with Crippen molar-refractivity contribution < 1.29 is 0 Å². The maximum Gasteiger partial charge on any atom is 0.198 e. The summed E-state index contributed by atoms with van der Waals surface area (Å²) >= 11 is 1.79. The van der Waals surface area contributed by atoms with Crippen molar-refractivity contribution in [2.45, 2.75) is 62.3 Å². The summed E-state index contributed by atoms with van der Waals surface area (Å²) < 4.78 is 0. The molecule has 0 bridgehead atoms. The fraction of sp³-hybridized carbons (Fsp3) is 0.720. The van der Waals surface area contributed by atoms with Gasteiger partial charge in [-0.25, -0.2) is 0 Å². The zero-order chi connectivity index (χ0) is 21.5. The molecule has 1 aliphatic carbocycles. The fourth-order valence-corrected chi connectivity index (χ4v) is 6.19. The van der Waals surface area contributed by atoms with Crippen LogP contribution in [0.5, 0.6) is 0 Å². The van der Waals surface area contributed by atoms with Crippen molar-refractivity contribution in [3.8, 4) is 0 Å². The van der Waals surface area contributed by atoms with Gasteiger partial charge in [-0.1, -0.05) is 18.6 Å². The maximum absolute atomic E-state index is 5.97. The van der Waals surface area contributed by atoms with Gasteiger partial charge in [0.2, 0.25) is 0 Å². The molecule has 2 aliphatic heterocycles. The normalized spacial score (nSPS) is 26.4. The van der Waals surface area contributed by atoms with Crippen molar-refractivity contribution in [2.75, 3.05) is 50.8 Å². The number of anilines is 1. The van der Waals surface area contributed by atoms with Gasteiger partial charge in [-0.05, 0) is 94.8 Å². The van der Waals surface area contributed by atoms with E-state index in [0.717, 1.165) is 38.2 Å². The van der Waals surface area contributed by atoms with Gasteiger partial charge in [-0.15, -0.1) is 11.8 Å². The predicted octanol–water partition coefficient (Wildman–Crippen LogP) is 4.50. The molecule has 2 heterocycles.